The highest BCUT2D eigenvalue weighted by atomic mass is 16.1. The van der Waals surface area contributed by atoms with Gasteiger partial charge in [-0.1, -0.05) is 0 Å². The van der Waals surface area contributed by atoms with E-state index < -0.39 is 0 Å². The molecule has 3 aromatic heterocycles. The number of anilines is 2. The van der Waals surface area contributed by atoms with E-state index in [1.165, 1.54) is 6.33 Å². The van der Waals surface area contributed by atoms with Crippen LogP contribution in [0.25, 0.3) is 11.4 Å². The molecule has 1 aliphatic heterocycles. The van der Waals surface area contributed by atoms with Crippen molar-refractivity contribution in [2.45, 2.75) is 31.1 Å². The molecule has 1 aliphatic carbocycles. The quantitative estimate of drug-likeness (QED) is 0.700. The molecular formula is C20H21N7O. The number of fused-ring (bicyclic) bond motifs is 2. The van der Waals surface area contributed by atoms with Gasteiger partial charge in [0.15, 0.2) is 0 Å². The minimum atomic E-state index is -0.140. The third-order valence-corrected chi connectivity index (χ3v) is 5.88. The van der Waals surface area contributed by atoms with Crippen LogP contribution in [-0.4, -0.2) is 38.0 Å². The fourth-order valence-corrected chi connectivity index (χ4v) is 4.55. The number of piperidine rings is 1. The maximum absolute atomic E-state index is 12.8. The van der Waals surface area contributed by atoms with Crippen LogP contribution in [0.4, 0.5) is 11.6 Å². The van der Waals surface area contributed by atoms with Gasteiger partial charge in [0.2, 0.25) is 0 Å². The van der Waals surface area contributed by atoms with E-state index in [0.29, 0.717) is 11.6 Å². The number of nitrogens with two attached hydrogens (primary N) is 1. The largest absolute Gasteiger partial charge is 0.384 e. The molecule has 4 heterocycles. The number of aromatic nitrogens is 5. The molecule has 2 aliphatic rings. The van der Waals surface area contributed by atoms with Crippen molar-refractivity contribution in [2.75, 3.05) is 23.7 Å². The van der Waals surface area contributed by atoms with E-state index in [4.69, 9.17) is 10.7 Å². The molecular weight excluding hydrogens is 354 g/mol. The molecule has 1 spiro atoms. The molecule has 0 radical (unpaired) electrons. The molecule has 142 valence electrons. The first-order chi connectivity index (χ1) is 13.6. The van der Waals surface area contributed by atoms with Crippen molar-refractivity contribution in [3.05, 3.63) is 58.5 Å². The summed E-state index contributed by atoms with van der Waals surface area (Å²) in [5.41, 5.74) is 8.24. The van der Waals surface area contributed by atoms with Gasteiger partial charge in [-0.2, -0.15) is 0 Å². The summed E-state index contributed by atoms with van der Waals surface area (Å²) >= 11 is 0. The second-order valence-corrected chi connectivity index (χ2v) is 7.59. The van der Waals surface area contributed by atoms with Crippen LogP contribution in [0.15, 0.2) is 41.7 Å². The number of nitrogen functional groups attached to an aromatic ring is 1. The van der Waals surface area contributed by atoms with Crippen LogP contribution in [0.5, 0.6) is 0 Å². The average Bonchev–Trinajstić information content (AvgIpc) is 3.07. The second-order valence-electron chi connectivity index (χ2n) is 7.59. The molecule has 0 amide bonds. The van der Waals surface area contributed by atoms with Crippen LogP contribution < -0.4 is 16.2 Å². The molecule has 8 nitrogen and oxygen atoms in total. The van der Waals surface area contributed by atoms with Crippen molar-refractivity contribution in [1.82, 2.24) is 24.9 Å². The Morgan fingerprint density at radius 1 is 1.25 bits per heavy atom. The Labute approximate surface area is 161 Å². The molecule has 3 aromatic rings. The summed E-state index contributed by atoms with van der Waals surface area (Å²) in [6.45, 7) is 1.69. The van der Waals surface area contributed by atoms with Crippen LogP contribution in [-0.2, 0) is 11.8 Å². The number of hydrogen-bond acceptors (Lipinski definition) is 7. The molecule has 1 unspecified atom stereocenters. The Bertz CT molecular complexity index is 1080. The number of rotatable bonds is 2. The number of H-pyrrole nitrogens is 1. The van der Waals surface area contributed by atoms with E-state index in [1.54, 1.807) is 18.5 Å². The van der Waals surface area contributed by atoms with Crippen molar-refractivity contribution >= 4 is 11.6 Å². The van der Waals surface area contributed by atoms with Gasteiger partial charge in [0.05, 0.1) is 5.69 Å². The summed E-state index contributed by atoms with van der Waals surface area (Å²) < 4.78 is 0. The van der Waals surface area contributed by atoms with Gasteiger partial charge < -0.3 is 15.6 Å². The van der Waals surface area contributed by atoms with Crippen LogP contribution in [0.3, 0.4) is 0 Å². The topological polar surface area (TPSA) is 114 Å². The molecule has 1 atom stereocenters. The van der Waals surface area contributed by atoms with Gasteiger partial charge in [0, 0.05) is 48.1 Å². The van der Waals surface area contributed by atoms with Crippen molar-refractivity contribution in [3.8, 4) is 11.4 Å². The Hall–Kier alpha value is -3.29. The molecule has 5 rings (SSSR count). The summed E-state index contributed by atoms with van der Waals surface area (Å²) in [6, 6.07) is 5.57. The molecule has 3 N–H and O–H groups in total. The van der Waals surface area contributed by atoms with Gasteiger partial charge >= 0.3 is 0 Å². The van der Waals surface area contributed by atoms with Gasteiger partial charge in [-0.05, 0) is 37.8 Å². The van der Waals surface area contributed by atoms with E-state index in [1.807, 2.05) is 12.1 Å². The smallest absolute Gasteiger partial charge is 0.254 e. The van der Waals surface area contributed by atoms with E-state index in [9.17, 15) is 4.79 Å². The molecule has 8 heteroatoms. The van der Waals surface area contributed by atoms with Gasteiger partial charge in [0.25, 0.3) is 5.56 Å². The van der Waals surface area contributed by atoms with Gasteiger partial charge in [0.1, 0.15) is 23.8 Å². The molecule has 0 saturated carbocycles. The van der Waals surface area contributed by atoms with Crippen molar-refractivity contribution in [3.63, 3.8) is 0 Å². The molecule has 28 heavy (non-hydrogen) atoms. The monoisotopic (exact) mass is 375 g/mol. The minimum Gasteiger partial charge on any atom is -0.384 e. The predicted molar refractivity (Wildman–Crippen MR) is 106 cm³/mol. The van der Waals surface area contributed by atoms with Gasteiger partial charge in [-0.25, -0.2) is 15.0 Å². The molecule has 0 aromatic carbocycles. The maximum Gasteiger partial charge on any atom is 0.254 e. The van der Waals surface area contributed by atoms with Crippen molar-refractivity contribution in [2.24, 2.45) is 0 Å². The zero-order valence-electron chi connectivity index (χ0n) is 15.4. The highest BCUT2D eigenvalue weighted by Crippen LogP contribution is 2.44. The SMILES string of the molecule is Nc1cc(N2CCCC3(CCc4c3nc(-c3cccnc3)[nH]c4=O)C2)ncn1. The standard InChI is InChI=1S/C20H21N7O/c21-15-9-16(24-12-23-15)27-8-2-5-20(11-27)6-4-14-17(20)25-18(26-19(14)28)13-3-1-7-22-10-13/h1,3,7,9-10,12H,2,4-6,8,11H2,(H2,21,23,24)(H,25,26,28). The first kappa shape index (κ1) is 16.9. The molecule has 0 bridgehead atoms. The lowest BCUT2D eigenvalue weighted by molar-refractivity contribution is 0.333. The van der Waals surface area contributed by atoms with E-state index in [-0.39, 0.29) is 11.0 Å². The van der Waals surface area contributed by atoms with Crippen LogP contribution >= 0.6 is 0 Å². The van der Waals surface area contributed by atoms with Crippen LogP contribution in [0, 0.1) is 0 Å². The number of aromatic amines is 1. The first-order valence-corrected chi connectivity index (χ1v) is 9.51. The number of hydrogen-bond donors (Lipinski definition) is 2. The highest BCUT2D eigenvalue weighted by molar-refractivity contribution is 5.55. The number of pyridine rings is 1. The normalized spacial score (nSPS) is 21.1. The second kappa shape index (κ2) is 6.40. The highest BCUT2D eigenvalue weighted by Gasteiger charge is 2.45. The summed E-state index contributed by atoms with van der Waals surface area (Å²) in [5, 5.41) is 0. The lowest BCUT2D eigenvalue weighted by atomic mass is 9.77. The first-order valence-electron chi connectivity index (χ1n) is 9.51. The summed E-state index contributed by atoms with van der Waals surface area (Å²) in [6.07, 6.45) is 8.64. The Balaban J connectivity index is 1.56. The van der Waals surface area contributed by atoms with Crippen LogP contribution in [0.2, 0.25) is 0 Å². The predicted octanol–water partition coefficient (Wildman–Crippen LogP) is 1.69. The zero-order chi connectivity index (χ0) is 19.1. The Morgan fingerprint density at radius 3 is 3.00 bits per heavy atom. The molecule has 1 saturated heterocycles. The van der Waals surface area contributed by atoms with Gasteiger partial charge in [-0.15, -0.1) is 0 Å². The van der Waals surface area contributed by atoms with Crippen LogP contribution in [0.1, 0.15) is 30.5 Å². The molecule has 1 fully saturated rings. The summed E-state index contributed by atoms with van der Waals surface area (Å²) in [5.74, 6) is 1.88. The third-order valence-electron chi connectivity index (χ3n) is 5.88. The average molecular weight is 375 g/mol. The van der Waals surface area contributed by atoms with E-state index >= 15 is 0 Å². The third kappa shape index (κ3) is 2.72. The Kier molecular flexibility index (Phi) is 3.85. The van der Waals surface area contributed by atoms with Crippen molar-refractivity contribution < 1.29 is 0 Å². The fourth-order valence-electron chi connectivity index (χ4n) is 4.55. The fraction of sp³-hybridized carbons (Fsp3) is 0.350. The lowest BCUT2D eigenvalue weighted by Gasteiger charge is -2.41. The van der Waals surface area contributed by atoms with E-state index in [2.05, 4.69) is 24.8 Å². The van der Waals surface area contributed by atoms with Crippen molar-refractivity contribution in [1.29, 1.82) is 0 Å². The number of nitrogens with zero attached hydrogens (tertiary/aromatic N) is 5. The Morgan fingerprint density at radius 2 is 2.18 bits per heavy atom. The van der Waals surface area contributed by atoms with E-state index in [0.717, 1.165) is 61.4 Å². The zero-order valence-corrected chi connectivity index (χ0v) is 15.4. The minimum absolute atomic E-state index is 0.0378. The maximum atomic E-state index is 12.8. The lowest BCUT2D eigenvalue weighted by Crippen LogP contribution is -2.46. The van der Waals surface area contributed by atoms with Gasteiger partial charge in [-0.3, -0.25) is 9.78 Å². The summed E-state index contributed by atoms with van der Waals surface area (Å²) in [7, 11) is 0. The summed E-state index contributed by atoms with van der Waals surface area (Å²) in [4.78, 5) is 35.4. The number of nitrogens with one attached hydrogen (secondary N) is 1.